The Morgan fingerprint density at radius 1 is 1.33 bits per heavy atom. The summed E-state index contributed by atoms with van der Waals surface area (Å²) >= 11 is 0. The highest BCUT2D eigenvalue weighted by Crippen LogP contribution is 2.39. The largest absolute Gasteiger partial charge is 0.311 e. The van der Waals surface area contributed by atoms with Crippen LogP contribution in [0.5, 0.6) is 0 Å². The third-order valence-corrected chi connectivity index (χ3v) is 3.53. The highest BCUT2D eigenvalue weighted by atomic mass is 15.0. The minimum absolute atomic E-state index is 0.607. The molecule has 2 aliphatic carbocycles. The molecule has 0 aliphatic heterocycles. The van der Waals surface area contributed by atoms with Gasteiger partial charge < -0.3 is 5.32 Å². The molecule has 2 fully saturated rings. The Morgan fingerprint density at radius 2 is 2.00 bits per heavy atom. The highest BCUT2D eigenvalue weighted by molar-refractivity contribution is 4.95. The predicted octanol–water partition coefficient (Wildman–Crippen LogP) is 2.56. The fourth-order valence-electron chi connectivity index (χ4n) is 2.44. The van der Waals surface area contributed by atoms with Crippen molar-refractivity contribution in [2.75, 3.05) is 0 Å². The van der Waals surface area contributed by atoms with Crippen molar-refractivity contribution in [3.63, 3.8) is 0 Å². The molecular formula is C11H21N. The van der Waals surface area contributed by atoms with E-state index in [0.717, 1.165) is 18.0 Å². The minimum Gasteiger partial charge on any atom is -0.311 e. The summed E-state index contributed by atoms with van der Waals surface area (Å²) in [6.07, 6.45) is 5.61. The van der Waals surface area contributed by atoms with Crippen LogP contribution in [0, 0.1) is 11.3 Å². The van der Waals surface area contributed by atoms with Gasteiger partial charge in [0.2, 0.25) is 0 Å². The molecule has 12 heavy (non-hydrogen) atoms. The summed E-state index contributed by atoms with van der Waals surface area (Å²) in [6.45, 7) is 7.13. The van der Waals surface area contributed by atoms with Gasteiger partial charge in [-0.2, -0.15) is 0 Å². The standard InChI is InChI=1S/C11H21N/c1-8-6-10(8)12-9-4-5-11(2,3)7-9/h8-10,12H,4-7H2,1-3H3. The normalized spacial score (nSPS) is 44.8. The van der Waals surface area contributed by atoms with Crippen LogP contribution in [-0.4, -0.2) is 12.1 Å². The van der Waals surface area contributed by atoms with E-state index < -0.39 is 0 Å². The van der Waals surface area contributed by atoms with Gasteiger partial charge in [-0.1, -0.05) is 20.8 Å². The molecular weight excluding hydrogens is 146 g/mol. The molecule has 0 aromatic carbocycles. The average Bonchev–Trinajstić information content (AvgIpc) is 2.49. The summed E-state index contributed by atoms with van der Waals surface area (Å²) in [6, 6.07) is 1.69. The maximum Gasteiger partial charge on any atom is 0.00989 e. The van der Waals surface area contributed by atoms with Crippen molar-refractivity contribution in [1.29, 1.82) is 0 Å². The van der Waals surface area contributed by atoms with Crippen LogP contribution in [0.15, 0.2) is 0 Å². The van der Waals surface area contributed by atoms with Crippen molar-refractivity contribution in [3.8, 4) is 0 Å². The van der Waals surface area contributed by atoms with Crippen molar-refractivity contribution in [2.45, 2.75) is 58.5 Å². The lowest BCUT2D eigenvalue weighted by atomic mass is 9.92. The number of hydrogen-bond donors (Lipinski definition) is 1. The average molecular weight is 167 g/mol. The first-order chi connectivity index (χ1) is 5.57. The maximum absolute atomic E-state index is 3.76. The Labute approximate surface area is 75.9 Å². The summed E-state index contributed by atoms with van der Waals surface area (Å²) in [5.74, 6) is 0.953. The van der Waals surface area contributed by atoms with Crippen molar-refractivity contribution in [3.05, 3.63) is 0 Å². The summed E-state index contributed by atoms with van der Waals surface area (Å²) in [4.78, 5) is 0. The third-order valence-electron chi connectivity index (χ3n) is 3.53. The van der Waals surface area contributed by atoms with Crippen molar-refractivity contribution in [1.82, 2.24) is 5.32 Å². The van der Waals surface area contributed by atoms with Crippen LogP contribution in [0.1, 0.15) is 46.5 Å². The molecule has 0 bridgehead atoms. The van der Waals surface area contributed by atoms with Crippen LogP contribution in [0.25, 0.3) is 0 Å². The van der Waals surface area contributed by atoms with Crippen molar-refractivity contribution < 1.29 is 0 Å². The van der Waals surface area contributed by atoms with Crippen LogP contribution in [0.4, 0.5) is 0 Å². The first kappa shape index (κ1) is 8.55. The molecule has 0 radical (unpaired) electrons. The van der Waals surface area contributed by atoms with Gasteiger partial charge in [-0.25, -0.2) is 0 Å². The molecule has 0 heterocycles. The van der Waals surface area contributed by atoms with Gasteiger partial charge in [0, 0.05) is 12.1 Å². The molecule has 1 heteroatoms. The minimum atomic E-state index is 0.607. The smallest absolute Gasteiger partial charge is 0.00989 e. The van der Waals surface area contributed by atoms with E-state index in [0.29, 0.717) is 5.41 Å². The topological polar surface area (TPSA) is 12.0 Å². The molecule has 1 nitrogen and oxygen atoms in total. The molecule has 0 amide bonds. The van der Waals surface area contributed by atoms with Gasteiger partial charge in [-0.3, -0.25) is 0 Å². The van der Waals surface area contributed by atoms with Gasteiger partial charge >= 0.3 is 0 Å². The SMILES string of the molecule is CC1CC1NC1CCC(C)(C)C1. The van der Waals surface area contributed by atoms with E-state index in [1.165, 1.54) is 25.7 Å². The van der Waals surface area contributed by atoms with E-state index in [-0.39, 0.29) is 0 Å². The molecule has 1 N–H and O–H groups in total. The van der Waals surface area contributed by atoms with E-state index in [1.807, 2.05) is 0 Å². The van der Waals surface area contributed by atoms with Crippen LogP contribution in [-0.2, 0) is 0 Å². The Bertz CT molecular complexity index is 174. The van der Waals surface area contributed by atoms with E-state index in [4.69, 9.17) is 0 Å². The third kappa shape index (κ3) is 1.82. The molecule has 0 aromatic rings. The molecule has 2 saturated carbocycles. The lowest BCUT2D eigenvalue weighted by Gasteiger charge is -2.17. The Kier molecular flexibility index (Phi) is 1.95. The van der Waals surface area contributed by atoms with Crippen LogP contribution in [0.2, 0.25) is 0 Å². The van der Waals surface area contributed by atoms with Gasteiger partial charge in [0.25, 0.3) is 0 Å². The molecule has 70 valence electrons. The molecule has 2 rings (SSSR count). The number of rotatable bonds is 2. The van der Waals surface area contributed by atoms with Crippen LogP contribution >= 0.6 is 0 Å². The first-order valence-corrected chi connectivity index (χ1v) is 5.33. The zero-order chi connectivity index (χ0) is 8.77. The van der Waals surface area contributed by atoms with E-state index in [2.05, 4.69) is 26.1 Å². The van der Waals surface area contributed by atoms with Gasteiger partial charge in [0.1, 0.15) is 0 Å². The first-order valence-electron chi connectivity index (χ1n) is 5.33. The molecule has 0 saturated heterocycles. The maximum atomic E-state index is 3.76. The van der Waals surface area contributed by atoms with Gasteiger partial charge in [0.05, 0.1) is 0 Å². The second kappa shape index (κ2) is 2.73. The Hall–Kier alpha value is -0.0400. The zero-order valence-electron chi connectivity index (χ0n) is 8.56. The summed E-state index contributed by atoms with van der Waals surface area (Å²) in [5, 5.41) is 3.76. The summed E-state index contributed by atoms with van der Waals surface area (Å²) in [5.41, 5.74) is 0.607. The molecule has 3 atom stereocenters. The van der Waals surface area contributed by atoms with E-state index in [1.54, 1.807) is 0 Å². The second-order valence-corrected chi connectivity index (χ2v) is 5.59. The van der Waals surface area contributed by atoms with Crippen LogP contribution < -0.4 is 5.32 Å². The lowest BCUT2D eigenvalue weighted by Crippen LogP contribution is -2.30. The highest BCUT2D eigenvalue weighted by Gasteiger charge is 2.38. The summed E-state index contributed by atoms with van der Waals surface area (Å²) in [7, 11) is 0. The van der Waals surface area contributed by atoms with Gasteiger partial charge in [-0.05, 0) is 37.0 Å². The molecule has 3 unspecified atom stereocenters. The van der Waals surface area contributed by atoms with E-state index in [9.17, 15) is 0 Å². The van der Waals surface area contributed by atoms with Crippen molar-refractivity contribution in [2.24, 2.45) is 11.3 Å². The predicted molar refractivity (Wildman–Crippen MR) is 52.1 cm³/mol. The second-order valence-electron chi connectivity index (χ2n) is 5.59. The monoisotopic (exact) mass is 167 g/mol. The van der Waals surface area contributed by atoms with Gasteiger partial charge in [0.15, 0.2) is 0 Å². The van der Waals surface area contributed by atoms with E-state index >= 15 is 0 Å². The Balaban J connectivity index is 1.77. The molecule has 0 aromatic heterocycles. The molecule has 0 spiro atoms. The summed E-state index contributed by atoms with van der Waals surface area (Å²) < 4.78 is 0. The fraction of sp³-hybridized carbons (Fsp3) is 1.00. The Morgan fingerprint density at radius 3 is 2.42 bits per heavy atom. The number of nitrogens with one attached hydrogen (secondary N) is 1. The fourth-order valence-corrected chi connectivity index (χ4v) is 2.44. The quantitative estimate of drug-likeness (QED) is 0.666. The number of hydrogen-bond acceptors (Lipinski definition) is 1. The van der Waals surface area contributed by atoms with Crippen molar-refractivity contribution >= 4 is 0 Å². The molecule has 2 aliphatic rings. The van der Waals surface area contributed by atoms with Gasteiger partial charge in [-0.15, -0.1) is 0 Å². The lowest BCUT2D eigenvalue weighted by molar-refractivity contribution is 0.363. The van der Waals surface area contributed by atoms with Crippen LogP contribution in [0.3, 0.4) is 0 Å². The zero-order valence-corrected chi connectivity index (χ0v) is 8.56.